The maximum Gasteiger partial charge on any atom is 0.383 e. The number of halogens is 1. The molecule has 1 unspecified atom stereocenters. The highest BCUT2D eigenvalue weighted by Gasteiger charge is 2.29. The topological polar surface area (TPSA) is 55.4 Å². The summed E-state index contributed by atoms with van der Waals surface area (Å²) < 4.78 is 45.4. The lowest BCUT2D eigenvalue weighted by Gasteiger charge is -2.25. The third-order valence-corrected chi connectivity index (χ3v) is 5.44. The molecule has 1 heterocycles. The zero-order chi connectivity index (χ0) is 18.3. The lowest BCUT2D eigenvalue weighted by molar-refractivity contribution is 0.437. The minimum Gasteiger partial charge on any atom is -0.370 e. The van der Waals surface area contributed by atoms with Crippen molar-refractivity contribution in [2.24, 2.45) is 0 Å². The molecule has 0 fully saturated rings. The maximum absolute atomic E-state index is 14.0. The van der Waals surface area contributed by atoms with Gasteiger partial charge < -0.3 is 4.18 Å². The van der Waals surface area contributed by atoms with Crippen molar-refractivity contribution in [3.63, 3.8) is 0 Å². The highest BCUT2D eigenvalue weighted by molar-refractivity contribution is 7.85. The predicted octanol–water partition coefficient (Wildman–Crippen LogP) is 4.45. The molecule has 4 nitrogen and oxygen atoms in total. The molecule has 0 aliphatic carbocycles. The van der Waals surface area contributed by atoms with Crippen LogP contribution in [0.5, 0.6) is 5.75 Å². The summed E-state index contributed by atoms with van der Waals surface area (Å²) in [6.07, 6.45) is 0. The summed E-state index contributed by atoms with van der Waals surface area (Å²) in [6.45, 7) is 1.77. The monoisotopic (exact) mass is 369 g/mol. The zero-order valence-corrected chi connectivity index (χ0v) is 14.8. The first kappa shape index (κ1) is 16.8. The average Bonchev–Trinajstić information content (AvgIpc) is 2.61. The minimum absolute atomic E-state index is 0.285. The van der Waals surface area contributed by atoms with Crippen LogP contribution in [0.15, 0.2) is 66.7 Å². The van der Waals surface area contributed by atoms with Crippen molar-refractivity contribution < 1.29 is 17.0 Å². The Morgan fingerprint density at radius 3 is 2.19 bits per heavy atom. The molecule has 0 aromatic heterocycles. The van der Waals surface area contributed by atoms with Gasteiger partial charge in [-0.15, -0.1) is 0 Å². The van der Waals surface area contributed by atoms with Gasteiger partial charge in [0.15, 0.2) is 5.75 Å². The Bertz CT molecular complexity index is 1080. The normalized spacial score (nSPS) is 18.0. The van der Waals surface area contributed by atoms with Gasteiger partial charge in [-0.1, -0.05) is 60.7 Å². The van der Waals surface area contributed by atoms with Gasteiger partial charge in [0.2, 0.25) is 0 Å². The number of nitrogens with one attached hydrogen (secondary N) is 1. The first-order chi connectivity index (χ1) is 12.4. The van der Waals surface area contributed by atoms with Crippen LogP contribution in [0, 0.1) is 5.82 Å². The number of hydrogen-bond donors (Lipinski definition) is 1. The average molecular weight is 369 g/mol. The van der Waals surface area contributed by atoms with Crippen molar-refractivity contribution in [2.45, 2.75) is 13.0 Å². The number of rotatable bonds is 2. The van der Waals surface area contributed by atoms with Gasteiger partial charge in [0.05, 0.1) is 6.04 Å². The van der Waals surface area contributed by atoms with E-state index in [0.29, 0.717) is 16.9 Å². The third kappa shape index (κ3) is 2.98. The molecule has 0 radical (unpaired) electrons. The van der Waals surface area contributed by atoms with Crippen LogP contribution in [0.25, 0.3) is 22.3 Å². The van der Waals surface area contributed by atoms with Gasteiger partial charge in [-0.2, -0.15) is 13.1 Å². The molecular weight excluding hydrogens is 353 g/mol. The molecule has 1 aliphatic heterocycles. The van der Waals surface area contributed by atoms with Crippen molar-refractivity contribution in [3.8, 4) is 28.0 Å². The van der Waals surface area contributed by atoms with Crippen LogP contribution in [0.3, 0.4) is 0 Å². The molecule has 0 amide bonds. The first-order valence-corrected chi connectivity index (χ1v) is 9.55. The summed E-state index contributed by atoms with van der Waals surface area (Å²) >= 11 is 0. The second-order valence-electron chi connectivity index (χ2n) is 6.16. The molecule has 6 heteroatoms. The van der Waals surface area contributed by atoms with E-state index in [1.807, 2.05) is 42.5 Å². The summed E-state index contributed by atoms with van der Waals surface area (Å²) in [5, 5.41) is 0. The molecule has 3 aromatic rings. The lowest BCUT2D eigenvalue weighted by Crippen LogP contribution is -2.35. The molecular formula is C20H16FNO3S. The molecule has 26 heavy (non-hydrogen) atoms. The van der Waals surface area contributed by atoms with E-state index in [4.69, 9.17) is 4.18 Å². The van der Waals surface area contributed by atoms with Gasteiger partial charge in [-0.3, -0.25) is 0 Å². The Morgan fingerprint density at radius 2 is 1.50 bits per heavy atom. The fraction of sp³-hybridized carbons (Fsp3) is 0.100. The molecule has 1 N–H and O–H groups in total. The maximum atomic E-state index is 14.0. The Kier molecular flexibility index (Phi) is 4.01. The molecule has 0 bridgehead atoms. The van der Waals surface area contributed by atoms with Crippen LogP contribution in [-0.4, -0.2) is 8.42 Å². The molecule has 3 aromatic carbocycles. The van der Waals surface area contributed by atoms with Gasteiger partial charge in [0.1, 0.15) is 5.82 Å². The smallest absolute Gasteiger partial charge is 0.370 e. The van der Waals surface area contributed by atoms with Gasteiger partial charge in [-0.05, 0) is 24.1 Å². The Balaban J connectivity index is 1.78. The van der Waals surface area contributed by atoms with Crippen LogP contribution in [-0.2, 0) is 10.3 Å². The molecule has 1 aliphatic rings. The summed E-state index contributed by atoms with van der Waals surface area (Å²) in [5.74, 6) is 0.0454. The van der Waals surface area contributed by atoms with E-state index in [0.717, 1.165) is 16.7 Å². The van der Waals surface area contributed by atoms with Crippen molar-refractivity contribution in [1.29, 1.82) is 0 Å². The standard InChI is InChI=1S/C20H16FNO3S/c1-13-16-6-4-7-18(20(16)25-26(23,24)22-13)15-11-9-14(10-12-15)17-5-2-3-8-19(17)21/h2-13,22H,1H3. The first-order valence-electron chi connectivity index (χ1n) is 8.14. The number of benzene rings is 3. The number of para-hydroxylation sites is 1. The van der Waals surface area contributed by atoms with E-state index in [2.05, 4.69) is 4.72 Å². The fourth-order valence-electron chi connectivity index (χ4n) is 3.15. The van der Waals surface area contributed by atoms with E-state index < -0.39 is 10.3 Å². The lowest BCUT2D eigenvalue weighted by atomic mass is 9.96. The second-order valence-corrected chi connectivity index (χ2v) is 7.47. The number of fused-ring (bicyclic) bond motifs is 1. The predicted molar refractivity (Wildman–Crippen MR) is 98.4 cm³/mol. The summed E-state index contributed by atoms with van der Waals surface area (Å²) in [7, 11) is -3.83. The van der Waals surface area contributed by atoms with E-state index in [9.17, 15) is 12.8 Å². The Labute approximate surface area is 151 Å². The number of hydrogen-bond acceptors (Lipinski definition) is 3. The van der Waals surface area contributed by atoms with Crippen molar-refractivity contribution >= 4 is 10.3 Å². The second kappa shape index (κ2) is 6.23. The van der Waals surface area contributed by atoms with E-state index in [-0.39, 0.29) is 11.9 Å². The Hall–Kier alpha value is -2.70. The van der Waals surface area contributed by atoms with Crippen molar-refractivity contribution in [2.75, 3.05) is 0 Å². The summed E-state index contributed by atoms with van der Waals surface area (Å²) in [4.78, 5) is 0. The van der Waals surface area contributed by atoms with Gasteiger partial charge in [0.25, 0.3) is 0 Å². The van der Waals surface area contributed by atoms with Crippen LogP contribution in [0.1, 0.15) is 18.5 Å². The van der Waals surface area contributed by atoms with Crippen molar-refractivity contribution in [3.05, 3.63) is 78.1 Å². The van der Waals surface area contributed by atoms with Crippen LogP contribution in [0.2, 0.25) is 0 Å². The SMILES string of the molecule is CC1NS(=O)(=O)Oc2c(-c3ccc(-c4ccccc4F)cc3)cccc21. The van der Waals surface area contributed by atoms with Crippen molar-refractivity contribution in [1.82, 2.24) is 4.72 Å². The molecule has 4 rings (SSSR count). The van der Waals surface area contributed by atoms with Gasteiger partial charge in [-0.25, -0.2) is 4.39 Å². The Morgan fingerprint density at radius 1 is 0.885 bits per heavy atom. The highest BCUT2D eigenvalue weighted by Crippen LogP contribution is 2.40. The molecule has 0 saturated carbocycles. The zero-order valence-electron chi connectivity index (χ0n) is 13.9. The molecule has 1 atom stereocenters. The molecule has 132 valence electrons. The van der Waals surface area contributed by atoms with E-state index >= 15 is 0 Å². The molecule has 0 saturated heterocycles. The van der Waals surface area contributed by atoms with Crippen LogP contribution < -0.4 is 8.91 Å². The minimum atomic E-state index is -3.83. The van der Waals surface area contributed by atoms with E-state index in [1.54, 1.807) is 25.1 Å². The summed E-state index contributed by atoms with van der Waals surface area (Å²) in [5.41, 5.74) is 3.52. The fourth-order valence-corrected chi connectivity index (χ4v) is 4.17. The van der Waals surface area contributed by atoms with Crippen LogP contribution >= 0.6 is 0 Å². The quantitative estimate of drug-likeness (QED) is 0.726. The molecule has 0 spiro atoms. The van der Waals surface area contributed by atoms with Gasteiger partial charge >= 0.3 is 10.3 Å². The third-order valence-electron chi connectivity index (χ3n) is 4.41. The largest absolute Gasteiger partial charge is 0.383 e. The van der Waals surface area contributed by atoms with E-state index in [1.165, 1.54) is 6.07 Å². The summed E-state index contributed by atoms with van der Waals surface area (Å²) in [6, 6.07) is 19.0. The van der Waals surface area contributed by atoms with Gasteiger partial charge in [0, 0.05) is 16.7 Å². The highest BCUT2D eigenvalue weighted by atomic mass is 32.2. The van der Waals surface area contributed by atoms with Crippen LogP contribution in [0.4, 0.5) is 4.39 Å².